The Morgan fingerprint density at radius 2 is 2.25 bits per heavy atom. The molecular weight excluding hydrogens is 256 g/mol. The minimum atomic E-state index is -0.492. The lowest BCUT2D eigenvalue weighted by Crippen LogP contribution is -2.50. The van der Waals surface area contributed by atoms with E-state index in [-0.39, 0.29) is 12.1 Å². The van der Waals surface area contributed by atoms with Crippen molar-refractivity contribution in [2.45, 2.75) is 39.3 Å². The number of ether oxygens (including phenoxy) is 1. The van der Waals surface area contributed by atoms with Crippen molar-refractivity contribution in [3.8, 4) is 0 Å². The Morgan fingerprint density at radius 1 is 1.50 bits per heavy atom. The fourth-order valence-corrected chi connectivity index (χ4v) is 2.17. The number of aryl methyl sites for hydroxylation is 1. The van der Waals surface area contributed by atoms with Gasteiger partial charge >= 0.3 is 6.09 Å². The van der Waals surface area contributed by atoms with Crippen molar-refractivity contribution in [1.29, 1.82) is 0 Å². The molecule has 1 saturated heterocycles. The molecule has 1 aromatic heterocycles. The van der Waals surface area contributed by atoms with Crippen LogP contribution in [0.3, 0.4) is 0 Å². The molecule has 1 fully saturated rings. The number of nitrogens with one attached hydrogen (secondary N) is 1. The Labute approximate surface area is 119 Å². The van der Waals surface area contributed by atoms with Crippen molar-refractivity contribution in [3.63, 3.8) is 0 Å². The summed E-state index contributed by atoms with van der Waals surface area (Å²) in [4.78, 5) is 22.6. The Bertz CT molecular complexity index is 484. The minimum absolute atomic E-state index is 0.111. The molecule has 1 aliphatic heterocycles. The number of amides is 1. The average Bonchev–Trinajstić information content (AvgIpc) is 2.37. The third kappa shape index (κ3) is 3.66. The summed E-state index contributed by atoms with van der Waals surface area (Å²) in [5, 5.41) is 3.29. The van der Waals surface area contributed by atoms with Crippen molar-refractivity contribution in [3.05, 3.63) is 23.8 Å². The van der Waals surface area contributed by atoms with E-state index in [9.17, 15) is 4.79 Å². The molecule has 110 valence electrons. The van der Waals surface area contributed by atoms with E-state index in [1.54, 1.807) is 11.1 Å². The van der Waals surface area contributed by atoms with Gasteiger partial charge in [0, 0.05) is 25.8 Å². The van der Waals surface area contributed by atoms with Crippen LogP contribution in [0.25, 0.3) is 0 Å². The molecule has 0 aromatic carbocycles. The maximum absolute atomic E-state index is 12.3. The average molecular weight is 278 g/mol. The van der Waals surface area contributed by atoms with Crippen LogP contribution in [0.1, 0.15) is 38.3 Å². The number of carbonyl (C=O) groups excluding carboxylic acids is 1. The third-order valence-electron chi connectivity index (χ3n) is 3.01. The number of carbonyl (C=O) groups is 1. The van der Waals surface area contributed by atoms with Gasteiger partial charge in [-0.2, -0.15) is 0 Å². The molecule has 1 aliphatic rings. The predicted molar refractivity (Wildman–Crippen MR) is 75.3 cm³/mol. The predicted octanol–water partition coefficient (Wildman–Crippen LogP) is 1.67. The zero-order valence-corrected chi connectivity index (χ0v) is 12.5. The molecular formula is C14H22N4O2. The first kappa shape index (κ1) is 14.7. The molecule has 1 unspecified atom stereocenters. The summed E-state index contributed by atoms with van der Waals surface area (Å²) in [5.74, 6) is 0.706. The Hall–Kier alpha value is -1.69. The summed E-state index contributed by atoms with van der Waals surface area (Å²) in [7, 11) is 0. The largest absolute Gasteiger partial charge is 0.444 e. The van der Waals surface area contributed by atoms with Crippen LogP contribution in [0, 0.1) is 6.92 Å². The van der Waals surface area contributed by atoms with E-state index in [0.717, 1.165) is 12.2 Å². The van der Waals surface area contributed by atoms with Crippen LogP contribution in [0.15, 0.2) is 12.3 Å². The molecule has 0 radical (unpaired) electrons. The number of rotatable bonds is 1. The first-order valence-electron chi connectivity index (χ1n) is 6.87. The molecule has 0 bridgehead atoms. The van der Waals surface area contributed by atoms with Crippen LogP contribution in [0.5, 0.6) is 0 Å². The zero-order chi connectivity index (χ0) is 14.8. The summed E-state index contributed by atoms with van der Waals surface area (Å²) in [6.45, 7) is 9.51. The van der Waals surface area contributed by atoms with Gasteiger partial charge in [-0.3, -0.25) is 4.90 Å². The van der Waals surface area contributed by atoms with E-state index in [4.69, 9.17) is 4.74 Å². The highest BCUT2D eigenvalue weighted by molar-refractivity contribution is 5.69. The van der Waals surface area contributed by atoms with Crippen LogP contribution < -0.4 is 5.32 Å². The van der Waals surface area contributed by atoms with Gasteiger partial charge < -0.3 is 10.1 Å². The summed E-state index contributed by atoms with van der Waals surface area (Å²) < 4.78 is 5.47. The molecule has 6 heteroatoms. The molecule has 6 nitrogen and oxygen atoms in total. The molecule has 20 heavy (non-hydrogen) atoms. The first-order chi connectivity index (χ1) is 9.37. The maximum Gasteiger partial charge on any atom is 0.410 e. The fourth-order valence-electron chi connectivity index (χ4n) is 2.17. The van der Waals surface area contributed by atoms with E-state index < -0.39 is 5.60 Å². The monoisotopic (exact) mass is 278 g/mol. The Morgan fingerprint density at radius 3 is 2.90 bits per heavy atom. The number of hydrogen-bond acceptors (Lipinski definition) is 5. The van der Waals surface area contributed by atoms with Gasteiger partial charge in [-0.05, 0) is 33.8 Å². The topological polar surface area (TPSA) is 67.4 Å². The number of hydrogen-bond donors (Lipinski definition) is 1. The second kappa shape index (κ2) is 5.75. The van der Waals surface area contributed by atoms with Crippen molar-refractivity contribution < 1.29 is 9.53 Å². The molecule has 2 heterocycles. The van der Waals surface area contributed by atoms with Gasteiger partial charge in [-0.15, -0.1) is 0 Å². The van der Waals surface area contributed by atoms with Gasteiger partial charge in [0.05, 0.1) is 11.7 Å². The SMILES string of the molecule is Cc1nccc(C2CNCCN2C(=O)OC(C)(C)C)n1. The molecule has 2 rings (SSSR count). The van der Waals surface area contributed by atoms with Crippen LogP contribution in [-0.4, -0.2) is 46.2 Å². The lowest BCUT2D eigenvalue weighted by Gasteiger charge is -2.36. The van der Waals surface area contributed by atoms with E-state index >= 15 is 0 Å². The van der Waals surface area contributed by atoms with E-state index in [2.05, 4.69) is 15.3 Å². The number of aromatic nitrogens is 2. The summed E-state index contributed by atoms with van der Waals surface area (Å²) in [6, 6.07) is 1.74. The number of piperazine rings is 1. The van der Waals surface area contributed by atoms with Crippen LogP contribution in [-0.2, 0) is 4.74 Å². The van der Waals surface area contributed by atoms with Crippen LogP contribution in [0.2, 0.25) is 0 Å². The normalized spacial score (nSPS) is 19.8. The van der Waals surface area contributed by atoms with E-state index in [1.165, 1.54) is 0 Å². The first-order valence-corrected chi connectivity index (χ1v) is 6.87. The van der Waals surface area contributed by atoms with Gasteiger partial charge in [-0.1, -0.05) is 0 Å². The highest BCUT2D eigenvalue weighted by atomic mass is 16.6. The fraction of sp³-hybridized carbons (Fsp3) is 0.643. The number of nitrogens with zero attached hydrogens (tertiary/aromatic N) is 3. The quantitative estimate of drug-likeness (QED) is 0.846. The smallest absolute Gasteiger partial charge is 0.410 e. The molecule has 0 saturated carbocycles. The van der Waals surface area contributed by atoms with Gasteiger partial charge in [0.2, 0.25) is 0 Å². The Balaban J connectivity index is 2.19. The molecule has 1 atom stereocenters. The highest BCUT2D eigenvalue weighted by Gasteiger charge is 2.32. The second-order valence-corrected chi connectivity index (χ2v) is 5.92. The Kier molecular flexibility index (Phi) is 4.23. The molecule has 1 N–H and O–H groups in total. The second-order valence-electron chi connectivity index (χ2n) is 5.92. The van der Waals surface area contributed by atoms with E-state index in [0.29, 0.717) is 18.9 Å². The summed E-state index contributed by atoms with van der Waals surface area (Å²) in [5.41, 5.74) is 0.351. The van der Waals surface area contributed by atoms with E-state index in [1.807, 2.05) is 33.8 Å². The third-order valence-corrected chi connectivity index (χ3v) is 3.01. The van der Waals surface area contributed by atoms with Crippen LogP contribution in [0.4, 0.5) is 4.79 Å². The summed E-state index contributed by atoms with van der Waals surface area (Å²) in [6.07, 6.45) is 1.43. The zero-order valence-electron chi connectivity index (χ0n) is 12.5. The molecule has 1 aromatic rings. The lowest BCUT2D eigenvalue weighted by molar-refractivity contribution is 0.0113. The van der Waals surface area contributed by atoms with Crippen molar-refractivity contribution in [2.24, 2.45) is 0 Å². The van der Waals surface area contributed by atoms with Crippen molar-refractivity contribution in [1.82, 2.24) is 20.2 Å². The van der Waals surface area contributed by atoms with Gasteiger partial charge in [0.1, 0.15) is 11.4 Å². The summed E-state index contributed by atoms with van der Waals surface area (Å²) >= 11 is 0. The van der Waals surface area contributed by atoms with Gasteiger partial charge in [-0.25, -0.2) is 14.8 Å². The maximum atomic E-state index is 12.3. The minimum Gasteiger partial charge on any atom is -0.444 e. The van der Waals surface area contributed by atoms with Gasteiger partial charge in [0.15, 0.2) is 0 Å². The molecule has 0 aliphatic carbocycles. The lowest BCUT2D eigenvalue weighted by atomic mass is 10.1. The van der Waals surface area contributed by atoms with Crippen molar-refractivity contribution >= 4 is 6.09 Å². The molecule has 1 amide bonds. The standard InChI is InChI=1S/C14H22N4O2/c1-10-16-6-5-11(17-10)12-9-15-7-8-18(12)13(19)20-14(2,3)4/h5-6,12,15H,7-9H2,1-4H3. The van der Waals surface area contributed by atoms with Crippen LogP contribution >= 0.6 is 0 Å². The van der Waals surface area contributed by atoms with Crippen molar-refractivity contribution in [2.75, 3.05) is 19.6 Å². The highest BCUT2D eigenvalue weighted by Crippen LogP contribution is 2.23. The molecule has 0 spiro atoms. The van der Waals surface area contributed by atoms with Gasteiger partial charge in [0.25, 0.3) is 0 Å².